The largest absolute Gasteiger partial charge is 0.485 e. The Kier molecular flexibility index (Phi) is 3.19. The molecule has 4 rings (SSSR count). The van der Waals surface area contributed by atoms with E-state index in [1.165, 1.54) is 18.9 Å². The quantitative estimate of drug-likeness (QED) is 0.926. The van der Waals surface area contributed by atoms with Gasteiger partial charge >= 0.3 is 0 Å². The van der Waals surface area contributed by atoms with Gasteiger partial charge in [0, 0.05) is 43.6 Å². The van der Waals surface area contributed by atoms with Gasteiger partial charge in [-0.2, -0.15) is 0 Å². The predicted molar refractivity (Wildman–Crippen MR) is 80.0 cm³/mol. The molecular formula is C17H23FN2O. The van der Waals surface area contributed by atoms with Crippen LogP contribution in [0.15, 0.2) is 18.2 Å². The van der Waals surface area contributed by atoms with Crippen molar-refractivity contribution in [1.82, 2.24) is 10.2 Å². The second-order valence-electron chi connectivity index (χ2n) is 6.73. The van der Waals surface area contributed by atoms with E-state index in [0.29, 0.717) is 0 Å². The molecule has 1 saturated carbocycles. The summed E-state index contributed by atoms with van der Waals surface area (Å²) < 4.78 is 19.9. The summed E-state index contributed by atoms with van der Waals surface area (Å²) in [4.78, 5) is 2.58. The second-order valence-corrected chi connectivity index (χ2v) is 6.73. The number of hydrogen-bond donors (Lipinski definition) is 1. The van der Waals surface area contributed by atoms with E-state index in [4.69, 9.17) is 4.74 Å². The van der Waals surface area contributed by atoms with Crippen LogP contribution < -0.4 is 10.1 Å². The third kappa shape index (κ3) is 2.44. The highest BCUT2D eigenvalue weighted by atomic mass is 19.1. The summed E-state index contributed by atoms with van der Waals surface area (Å²) in [6, 6.07) is 5.93. The summed E-state index contributed by atoms with van der Waals surface area (Å²) in [5, 5.41) is 3.51. The molecule has 2 atom stereocenters. The van der Waals surface area contributed by atoms with E-state index < -0.39 is 0 Å². The molecule has 2 fully saturated rings. The van der Waals surface area contributed by atoms with Crippen LogP contribution in [0.5, 0.6) is 5.75 Å². The minimum atomic E-state index is -0.178. The lowest BCUT2D eigenvalue weighted by Crippen LogP contribution is -2.46. The van der Waals surface area contributed by atoms with Crippen LogP contribution in [0.2, 0.25) is 0 Å². The van der Waals surface area contributed by atoms with Crippen molar-refractivity contribution in [3.8, 4) is 5.75 Å². The van der Waals surface area contributed by atoms with Gasteiger partial charge in [-0.1, -0.05) is 6.92 Å². The second kappa shape index (κ2) is 4.96. The Balaban J connectivity index is 1.62. The fourth-order valence-corrected chi connectivity index (χ4v) is 3.95. The number of nitrogens with zero attached hydrogens (tertiary/aromatic N) is 1. The normalized spacial score (nSPS) is 32.2. The van der Waals surface area contributed by atoms with Crippen LogP contribution in [-0.2, 0) is 0 Å². The highest BCUT2D eigenvalue weighted by Gasteiger charge is 2.48. The van der Waals surface area contributed by atoms with Crippen LogP contribution in [0.3, 0.4) is 0 Å². The Morgan fingerprint density at radius 2 is 2.29 bits per heavy atom. The van der Waals surface area contributed by atoms with Crippen molar-refractivity contribution in [2.24, 2.45) is 0 Å². The fraction of sp³-hybridized carbons (Fsp3) is 0.647. The van der Waals surface area contributed by atoms with E-state index in [2.05, 4.69) is 17.1 Å². The van der Waals surface area contributed by atoms with Crippen molar-refractivity contribution >= 4 is 0 Å². The minimum Gasteiger partial charge on any atom is -0.485 e. The van der Waals surface area contributed by atoms with Crippen LogP contribution in [0.4, 0.5) is 4.39 Å². The van der Waals surface area contributed by atoms with Gasteiger partial charge in [-0.05, 0) is 37.6 Å². The number of benzene rings is 1. The van der Waals surface area contributed by atoms with Gasteiger partial charge in [-0.25, -0.2) is 4.39 Å². The van der Waals surface area contributed by atoms with Crippen LogP contribution >= 0.6 is 0 Å². The maximum atomic E-state index is 13.6. The van der Waals surface area contributed by atoms with Gasteiger partial charge in [0.15, 0.2) is 0 Å². The van der Waals surface area contributed by atoms with Crippen LogP contribution in [0.25, 0.3) is 0 Å². The van der Waals surface area contributed by atoms with Gasteiger partial charge in [0.2, 0.25) is 0 Å². The fourth-order valence-electron chi connectivity index (χ4n) is 3.95. The smallest absolute Gasteiger partial charge is 0.125 e. The van der Waals surface area contributed by atoms with Gasteiger partial charge < -0.3 is 10.1 Å². The third-order valence-corrected chi connectivity index (χ3v) is 5.11. The van der Waals surface area contributed by atoms with Crippen molar-refractivity contribution in [2.45, 2.75) is 50.3 Å². The Labute approximate surface area is 125 Å². The Bertz CT molecular complexity index is 546. The molecular weight excluding hydrogens is 267 g/mol. The molecule has 0 bridgehead atoms. The highest BCUT2D eigenvalue weighted by Crippen LogP contribution is 2.45. The first kappa shape index (κ1) is 13.5. The number of fused-ring (bicyclic) bond motifs is 1. The summed E-state index contributed by atoms with van der Waals surface area (Å²) in [5.74, 6) is 0.688. The van der Waals surface area contributed by atoms with Crippen LogP contribution in [0.1, 0.15) is 44.2 Å². The minimum absolute atomic E-state index is 0.0831. The SMILES string of the molecule is CCNC1CC2(CCN(C3CC3)C2)Oc2ccc(F)cc21. The first-order valence-corrected chi connectivity index (χ1v) is 8.15. The van der Waals surface area contributed by atoms with Crippen molar-refractivity contribution < 1.29 is 9.13 Å². The number of likely N-dealkylation sites (tertiary alicyclic amines) is 1. The molecule has 1 aliphatic carbocycles. The molecule has 3 aliphatic rings. The zero-order valence-electron chi connectivity index (χ0n) is 12.6. The molecule has 1 spiro atoms. The van der Waals surface area contributed by atoms with E-state index in [-0.39, 0.29) is 17.5 Å². The van der Waals surface area contributed by atoms with E-state index in [1.54, 1.807) is 12.1 Å². The van der Waals surface area contributed by atoms with Gasteiger partial charge in [-0.15, -0.1) is 0 Å². The summed E-state index contributed by atoms with van der Waals surface area (Å²) in [6.07, 6.45) is 4.71. The number of hydrogen-bond acceptors (Lipinski definition) is 3. The maximum Gasteiger partial charge on any atom is 0.125 e. The zero-order chi connectivity index (χ0) is 14.4. The summed E-state index contributed by atoms with van der Waals surface area (Å²) in [6.45, 7) is 5.16. The Morgan fingerprint density at radius 3 is 3.05 bits per heavy atom. The van der Waals surface area contributed by atoms with Crippen LogP contribution in [0, 0.1) is 5.82 Å². The standard InChI is InChI=1S/C17H23FN2O/c1-2-19-15-10-17(7-8-20(11-17)13-4-5-13)21-16-6-3-12(18)9-14(15)16/h3,6,9,13,15,19H,2,4-5,7-8,10-11H2,1H3. The topological polar surface area (TPSA) is 24.5 Å². The molecule has 2 aliphatic heterocycles. The molecule has 114 valence electrons. The molecule has 2 heterocycles. The predicted octanol–water partition coefficient (Wildman–Crippen LogP) is 2.87. The number of halogens is 1. The van der Waals surface area contributed by atoms with E-state index in [0.717, 1.165) is 49.8 Å². The Morgan fingerprint density at radius 1 is 1.43 bits per heavy atom. The molecule has 4 heteroatoms. The zero-order valence-corrected chi connectivity index (χ0v) is 12.6. The first-order chi connectivity index (χ1) is 10.2. The van der Waals surface area contributed by atoms with Gasteiger partial charge in [-0.3, -0.25) is 4.90 Å². The molecule has 3 nitrogen and oxygen atoms in total. The summed E-state index contributed by atoms with van der Waals surface area (Å²) in [7, 11) is 0. The maximum absolute atomic E-state index is 13.6. The number of nitrogens with one attached hydrogen (secondary N) is 1. The third-order valence-electron chi connectivity index (χ3n) is 5.11. The summed E-state index contributed by atoms with van der Waals surface area (Å²) in [5.41, 5.74) is 0.896. The van der Waals surface area contributed by atoms with Crippen molar-refractivity contribution in [1.29, 1.82) is 0 Å². The summed E-state index contributed by atoms with van der Waals surface area (Å²) >= 11 is 0. The lowest BCUT2D eigenvalue weighted by molar-refractivity contribution is 0.0377. The van der Waals surface area contributed by atoms with Crippen molar-refractivity contribution in [2.75, 3.05) is 19.6 Å². The van der Waals surface area contributed by atoms with Gasteiger partial charge in [0.05, 0.1) is 0 Å². The number of ether oxygens (including phenoxy) is 1. The molecule has 1 aromatic rings. The molecule has 0 aromatic heterocycles. The molecule has 1 aromatic carbocycles. The lowest BCUT2D eigenvalue weighted by Gasteiger charge is -2.40. The molecule has 21 heavy (non-hydrogen) atoms. The lowest BCUT2D eigenvalue weighted by atomic mass is 9.86. The van der Waals surface area contributed by atoms with Gasteiger partial charge in [0.25, 0.3) is 0 Å². The molecule has 0 radical (unpaired) electrons. The molecule has 2 unspecified atom stereocenters. The molecule has 1 N–H and O–H groups in total. The number of rotatable bonds is 3. The van der Waals surface area contributed by atoms with Crippen molar-refractivity contribution in [3.05, 3.63) is 29.6 Å². The van der Waals surface area contributed by atoms with E-state index in [9.17, 15) is 4.39 Å². The first-order valence-electron chi connectivity index (χ1n) is 8.15. The van der Waals surface area contributed by atoms with E-state index in [1.807, 2.05) is 0 Å². The average Bonchev–Trinajstić information content (AvgIpc) is 3.24. The van der Waals surface area contributed by atoms with Crippen LogP contribution in [-0.4, -0.2) is 36.2 Å². The molecule has 0 amide bonds. The average molecular weight is 290 g/mol. The Hall–Kier alpha value is -1.13. The van der Waals surface area contributed by atoms with Gasteiger partial charge in [0.1, 0.15) is 17.2 Å². The molecule has 1 saturated heterocycles. The highest BCUT2D eigenvalue weighted by molar-refractivity contribution is 5.40. The van der Waals surface area contributed by atoms with E-state index >= 15 is 0 Å². The van der Waals surface area contributed by atoms with Crippen molar-refractivity contribution in [3.63, 3.8) is 0 Å². The monoisotopic (exact) mass is 290 g/mol.